The summed E-state index contributed by atoms with van der Waals surface area (Å²) < 4.78 is 2.40. The smallest absolute Gasteiger partial charge is 0.0541 e. The first-order valence-electron chi connectivity index (χ1n) is 21.3. The lowest BCUT2D eigenvalue weighted by molar-refractivity contribution is 1.18. The highest BCUT2D eigenvalue weighted by Crippen LogP contribution is 2.47. The molecule has 0 fully saturated rings. The molecule has 1 aromatic heterocycles. The Morgan fingerprint density at radius 3 is 1.48 bits per heavy atom. The molecule has 0 amide bonds. The maximum Gasteiger partial charge on any atom is 0.0541 e. The summed E-state index contributed by atoms with van der Waals surface area (Å²) in [4.78, 5) is 2.48. The molecule has 1 heterocycles. The fourth-order valence-electron chi connectivity index (χ4n) is 9.80. The highest BCUT2D eigenvalue weighted by atomic mass is 15.1. The second kappa shape index (κ2) is 14.8. The van der Waals surface area contributed by atoms with E-state index in [4.69, 9.17) is 0 Å². The van der Waals surface area contributed by atoms with Gasteiger partial charge in [0.1, 0.15) is 0 Å². The Hall–Kier alpha value is -8.20. The van der Waals surface area contributed by atoms with Gasteiger partial charge in [-0.1, -0.05) is 194 Å². The Labute approximate surface area is 360 Å². The molecular formula is C60H40N2. The van der Waals surface area contributed by atoms with E-state index in [1.807, 2.05) is 0 Å². The van der Waals surface area contributed by atoms with E-state index < -0.39 is 0 Å². The first kappa shape index (κ1) is 35.7. The molecule has 0 saturated heterocycles. The van der Waals surface area contributed by atoms with Gasteiger partial charge in [0.2, 0.25) is 0 Å². The average molecular weight is 789 g/mol. The van der Waals surface area contributed by atoms with Crippen molar-refractivity contribution in [3.63, 3.8) is 0 Å². The SMILES string of the molecule is c1cc(-c2cccc3ccccc23)cc(N(c2ccccc2-c2cccc(-n3c4ccccc4c4ccccc43)c2)c2ccc(-c3cccc4ccccc34)c3ccccc23)c1. The van der Waals surface area contributed by atoms with Crippen LogP contribution >= 0.6 is 0 Å². The Morgan fingerprint density at radius 1 is 0.274 bits per heavy atom. The van der Waals surface area contributed by atoms with E-state index in [-0.39, 0.29) is 0 Å². The highest BCUT2D eigenvalue weighted by molar-refractivity contribution is 6.12. The van der Waals surface area contributed by atoms with Crippen LogP contribution in [0.1, 0.15) is 0 Å². The Balaban J connectivity index is 1.09. The van der Waals surface area contributed by atoms with Crippen LogP contribution in [0, 0.1) is 0 Å². The first-order chi connectivity index (χ1) is 30.8. The van der Waals surface area contributed by atoms with Crippen LogP contribution in [0.25, 0.3) is 93.2 Å². The van der Waals surface area contributed by atoms with Crippen molar-refractivity contribution in [2.24, 2.45) is 0 Å². The molecule has 12 rings (SSSR count). The second-order valence-electron chi connectivity index (χ2n) is 16.1. The minimum atomic E-state index is 1.09. The van der Waals surface area contributed by atoms with Gasteiger partial charge in [0.25, 0.3) is 0 Å². The summed E-state index contributed by atoms with van der Waals surface area (Å²) in [6.45, 7) is 0. The number of benzene rings is 11. The molecule has 0 radical (unpaired) electrons. The fourth-order valence-corrected chi connectivity index (χ4v) is 9.80. The zero-order chi connectivity index (χ0) is 41.0. The lowest BCUT2D eigenvalue weighted by atomic mass is 9.92. The highest BCUT2D eigenvalue weighted by Gasteiger charge is 2.22. The molecule has 0 aliphatic heterocycles. The van der Waals surface area contributed by atoms with Crippen molar-refractivity contribution in [2.45, 2.75) is 0 Å². The Bertz CT molecular complexity index is 3600. The van der Waals surface area contributed by atoms with E-state index in [0.717, 1.165) is 33.9 Å². The standard InChI is InChI=1S/C60H40N2/c1-3-25-47-41(17-1)19-15-32-49(47)43-21-13-23-45(39-43)61(60-38-37-53(52-28-5-6-29-54(52)60)51-33-16-20-42-18-2-4-26-48(42)51)57-34-10-7-27-50(57)44-22-14-24-46(40-44)62-58-35-11-8-30-55(58)56-31-9-12-36-59(56)62/h1-40H. The number of aromatic nitrogens is 1. The fraction of sp³-hybridized carbons (Fsp3) is 0. The zero-order valence-corrected chi connectivity index (χ0v) is 34.0. The van der Waals surface area contributed by atoms with Crippen molar-refractivity contribution >= 4 is 71.2 Å². The molecule has 290 valence electrons. The monoisotopic (exact) mass is 788 g/mol. The second-order valence-corrected chi connectivity index (χ2v) is 16.1. The van der Waals surface area contributed by atoms with Crippen LogP contribution < -0.4 is 4.90 Å². The molecule has 2 nitrogen and oxygen atoms in total. The molecule has 0 spiro atoms. The van der Waals surface area contributed by atoms with E-state index in [2.05, 4.69) is 252 Å². The quantitative estimate of drug-likeness (QED) is 0.156. The van der Waals surface area contributed by atoms with Gasteiger partial charge < -0.3 is 9.47 Å². The number of rotatable bonds is 7. The van der Waals surface area contributed by atoms with Crippen molar-refractivity contribution < 1.29 is 0 Å². The van der Waals surface area contributed by atoms with Gasteiger partial charge in [0, 0.05) is 33.1 Å². The van der Waals surface area contributed by atoms with E-state index >= 15 is 0 Å². The van der Waals surface area contributed by atoms with Gasteiger partial charge in [-0.05, 0) is 103 Å². The number of hydrogen-bond acceptors (Lipinski definition) is 1. The lowest BCUT2D eigenvalue weighted by Crippen LogP contribution is -2.12. The molecule has 0 atom stereocenters. The summed E-state index contributed by atoms with van der Waals surface area (Å²) in [6, 6.07) is 88.6. The molecular weight excluding hydrogens is 749 g/mol. The van der Waals surface area contributed by atoms with E-state index in [0.29, 0.717) is 0 Å². The number of nitrogens with zero attached hydrogens (tertiary/aromatic N) is 2. The van der Waals surface area contributed by atoms with Crippen molar-refractivity contribution in [3.8, 4) is 39.1 Å². The predicted octanol–water partition coefficient (Wildman–Crippen LogP) is 16.7. The van der Waals surface area contributed by atoms with Crippen LogP contribution in [0.4, 0.5) is 17.1 Å². The van der Waals surface area contributed by atoms with Crippen molar-refractivity contribution in [2.75, 3.05) is 4.90 Å². The van der Waals surface area contributed by atoms with Crippen LogP contribution in [0.15, 0.2) is 243 Å². The van der Waals surface area contributed by atoms with Gasteiger partial charge >= 0.3 is 0 Å². The van der Waals surface area contributed by atoms with Gasteiger partial charge in [-0.15, -0.1) is 0 Å². The molecule has 0 aliphatic carbocycles. The molecule has 0 unspecified atom stereocenters. The van der Waals surface area contributed by atoms with Gasteiger partial charge in [0.15, 0.2) is 0 Å². The van der Waals surface area contributed by atoms with Crippen molar-refractivity contribution in [1.82, 2.24) is 4.57 Å². The molecule has 12 aromatic rings. The third kappa shape index (κ3) is 5.88. The van der Waals surface area contributed by atoms with Gasteiger partial charge in [0.05, 0.1) is 22.4 Å². The minimum absolute atomic E-state index is 1.09. The largest absolute Gasteiger partial charge is 0.309 e. The van der Waals surface area contributed by atoms with Gasteiger partial charge in [-0.25, -0.2) is 0 Å². The number of fused-ring (bicyclic) bond motifs is 6. The summed E-state index contributed by atoms with van der Waals surface area (Å²) in [6.07, 6.45) is 0. The van der Waals surface area contributed by atoms with Crippen LogP contribution in [-0.4, -0.2) is 4.57 Å². The summed E-state index contributed by atoms with van der Waals surface area (Å²) >= 11 is 0. The Morgan fingerprint density at radius 2 is 0.758 bits per heavy atom. The topological polar surface area (TPSA) is 8.17 Å². The summed E-state index contributed by atoms with van der Waals surface area (Å²) in [5.74, 6) is 0. The molecule has 0 saturated carbocycles. The van der Waals surface area contributed by atoms with E-state index in [9.17, 15) is 0 Å². The molecule has 2 heteroatoms. The van der Waals surface area contributed by atoms with E-state index in [1.165, 1.54) is 76.4 Å². The summed E-state index contributed by atoms with van der Waals surface area (Å²) in [7, 11) is 0. The van der Waals surface area contributed by atoms with Crippen molar-refractivity contribution in [3.05, 3.63) is 243 Å². The Kier molecular flexibility index (Phi) is 8.53. The minimum Gasteiger partial charge on any atom is -0.309 e. The van der Waals surface area contributed by atoms with Crippen LogP contribution in [0.5, 0.6) is 0 Å². The first-order valence-corrected chi connectivity index (χ1v) is 21.3. The molecule has 11 aromatic carbocycles. The number of hydrogen-bond donors (Lipinski definition) is 0. The van der Waals surface area contributed by atoms with Gasteiger partial charge in [-0.3, -0.25) is 0 Å². The molecule has 62 heavy (non-hydrogen) atoms. The molecule has 0 aliphatic rings. The third-order valence-electron chi connectivity index (χ3n) is 12.6. The van der Waals surface area contributed by atoms with E-state index in [1.54, 1.807) is 0 Å². The zero-order valence-electron chi connectivity index (χ0n) is 34.0. The van der Waals surface area contributed by atoms with Crippen LogP contribution in [0.2, 0.25) is 0 Å². The maximum atomic E-state index is 2.48. The average Bonchev–Trinajstić information content (AvgIpc) is 3.68. The number of para-hydroxylation sites is 3. The molecule has 0 bridgehead atoms. The van der Waals surface area contributed by atoms with Gasteiger partial charge in [-0.2, -0.15) is 0 Å². The number of anilines is 3. The van der Waals surface area contributed by atoms with Crippen molar-refractivity contribution in [1.29, 1.82) is 0 Å². The normalized spacial score (nSPS) is 11.5. The summed E-state index contributed by atoms with van der Waals surface area (Å²) in [5, 5.41) is 9.87. The third-order valence-corrected chi connectivity index (χ3v) is 12.6. The molecule has 0 N–H and O–H groups in total. The predicted molar refractivity (Wildman–Crippen MR) is 264 cm³/mol. The van der Waals surface area contributed by atoms with Crippen LogP contribution in [0.3, 0.4) is 0 Å². The lowest BCUT2D eigenvalue weighted by Gasteiger charge is -2.30. The summed E-state index contributed by atoms with van der Waals surface area (Å²) in [5.41, 5.74) is 14.0. The van der Waals surface area contributed by atoms with Crippen LogP contribution in [-0.2, 0) is 0 Å². The maximum absolute atomic E-state index is 2.48.